The number of aromatic nitrogens is 2. The number of hydrogen-bond donors (Lipinski definition) is 1. The number of piperidine rings is 1. The largest absolute Gasteiger partial charge is 0.336 e. The van der Waals surface area contributed by atoms with Crippen molar-refractivity contribution in [1.82, 2.24) is 19.4 Å². The topological polar surface area (TPSA) is 101 Å². The summed E-state index contributed by atoms with van der Waals surface area (Å²) in [5.41, 5.74) is -0.357. The van der Waals surface area contributed by atoms with Crippen LogP contribution in [0.5, 0.6) is 0 Å². The van der Waals surface area contributed by atoms with Crippen LogP contribution in [0.2, 0.25) is 0 Å². The zero-order valence-corrected chi connectivity index (χ0v) is 17.1. The van der Waals surface area contributed by atoms with Crippen LogP contribution < -0.4 is 10.2 Å². The Morgan fingerprint density at radius 3 is 2.76 bits per heavy atom. The summed E-state index contributed by atoms with van der Waals surface area (Å²) in [6.07, 6.45) is 1.19. The van der Waals surface area contributed by atoms with Crippen LogP contribution in [0.1, 0.15) is 35.9 Å². The van der Waals surface area contributed by atoms with Gasteiger partial charge in [0.05, 0.1) is 5.75 Å². The summed E-state index contributed by atoms with van der Waals surface area (Å²) in [6.45, 7) is 3.67. The number of amides is 1. The number of hydrogen-bond acceptors (Lipinski definition) is 5. The number of para-hydroxylation sites is 1. The lowest BCUT2D eigenvalue weighted by Crippen LogP contribution is -2.50. The molecule has 0 saturated carbocycles. The molecule has 3 rings (SSSR count). The van der Waals surface area contributed by atoms with Crippen LogP contribution in [0.15, 0.2) is 35.1 Å². The van der Waals surface area contributed by atoms with Gasteiger partial charge in [-0.1, -0.05) is 12.1 Å². The van der Waals surface area contributed by atoms with Gasteiger partial charge in [0.2, 0.25) is 15.5 Å². The summed E-state index contributed by atoms with van der Waals surface area (Å²) in [5, 5.41) is 4.13. The second-order valence-corrected chi connectivity index (χ2v) is 9.02. The molecule has 1 aliphatic rings. The van der Waals surface area contributed by atoms with Gasteiger partial charge < -0.3 is 4.90 Å². The fraction of sp³-hybridized carbons (Fsp3) is 0.421. The van der Waals surface area contributed by atoms with E-state index >= 15 is 0 Å². The minimum atomic E-state index is -3.41. The summed E-state index contributed by atoms with van der Waals surface area (Å²) in [6, 6.07) is 6.77. The first-order valence-electron chi connectivity index (χ1n) is 9.37. The Kier molecular flexibility index (Phi) is 6.13. The monoisotopic (exact) mass is 422 g/mol. The van der Waals surface area contributed by atoms with Gasteiger partial charge in [0.15, 0.2) is 5.69 Å². The number of halogens is 1. The van der Waals surface area contributed by atoms with Crippen molar-refractivity contribution >= 4 is 15.9 Å². The minimum Gasteiger partial charge on any atom is -0.336 e. The van der Waals surface area contributed by atoms with Crippen LogP contribution in [0.4, 0.5) is 4.39 Å². The Bertz CT molecular complexity index is 1080. The third kappa shape index (κ3) is 4.70. The van der Waals surface area contributed by atoms with E-state index < -0.39 is 33.2 Å². The SMILES string of the molecule is CCS(=O)(=O)N[C@@H]1CCCN(C(=O)c2nn(-c3ccccc3F)c(C)cc2=O)C1. The normalized spacial score (nSPS) is 17.3. The molecule has 0 radical (unpaired) electrons. The van der Waals surface area contributed by atoms with E-state index in [-0.39, 0.29) is 23.7 Å². The van der Waals surface area contributed by atoms with Crippen LogP contribution >= 0.6 is 0 Å². The van der Waals surface area contributed by atoms with Crippen molar-refractivity contribution in [2.75, 3.05) is 18.8 Å². The average molecular weight is 422 g/mol. The molecule has 10 heteroatoms. The van der Waals surface area contributed by atoms with E-state index in [1.165, 1.54) is 40.8 Å². The number of nitrogens with one attached hydrogen (secondary N) is 1. The fourth-order valence-corrected chi connectivity index (χ4v) is 4.17. The lowest BCUT2D eigenvalue weighted by molar-refractivity contribution is 0.0693. The van der Waals surface area contributed by atoms with Gasteiger partial charge in [0.25, 0.3) is 5.91 Å². The molecular weight excluding hydrogens is 399 g/mol. The number of carbonyl (C=O) groups is 1. The highest BCUT2D eigenvalue weighted by molar-refractivity contribution is 7.89. The molecule has 0 spiro atoms. The number of rotatable bonds is 5. The van der Waals surface area contributed by atoms with E-state index in [0.717, 1.165) is 0 Å². The summed E-state index contributed by atoms with van der Waals surface area (Å²) in [7, 11) is -3.41. The number of likely N-dealkylation sites (tertiary alicyclic amines) is 1. The van der Waals surface area contributed by atoms with Crippen molar-refractivity contribution < 1.29 is 17.6 Å². The second-order valence-electron chi connectivity index (χ2n) is 6.97. The van der Waals surface area contributed by atoms with Crippen LogP contribution in [0.3, 0.4) is 0 Å². The summed E-state index contributed by atoms with van der Waals surface area (Å²) in [5.74, 6) is -1.18. The summed E-state index contributed by atoms with van der Waals surface area (Å²) >= 11 is 0. The van der Waals surface area contributed by atoms with Gasteiger partial charge in [0, 0.05) is 30.9 Å². The number of benzene rings is 1. The predicted octanol–water partition coefficient (Wildman–Crippen LogP) is 1.22. The Morgan fingerprint density at radius 2 is 2.07 bits per heavy atom. The molecule has 1 aliphatic heterocycles. The Hall–Kier alpha value is -2.59. The Morgan fingerprint density at radius 1 is 1.34 bits per heavy atom. The molecule has 1 aromatic heterocycles. The standard InChI is InChI=1S/C19H23FN4O4S/c1-3-29(27,28)22-14-7-6-10-23(12-14)19(26)18-17(25)11-13(2)24(21-18)16-9-5-4-8-15(16)20/h4-5,8-9,11,14,22H,3,6-7,10,12H2,1-2H3/t14-/m1/s1. The third-order valence-electron chi connectivity index (χ3n) is 4.83. The number of nitrogens with zero attached hydrogens (tertiary/aromatic N) is 3. The van der Waals surface area contributed by atoms with Gasteiger partial charge >= 0.3 is 0 Å². The van der Waals surface area contributed by atoms with Crippen LogP contribution in [-0.2, 0) is 10.0 Å². The molecule has 156 valence electrons. The third-order valence-corrected chi connectivity index (χ3v) is 6.28. The van der Waals surface area contributed by atoms with Crippen LogP contribution in [-0.4, -0.2) is 53.9 Å². The maximum Gasteiger partial charge on any atom is 0.278 e. The first-order chi connectivity index (χ1) is 13.7. The van der Waals surface area contributed by atoms with Crippen LogP contribution in [0, 0.1) is 12.7 Å². The van der Waals surface area contributed by atoms with Crippen molar-refractivity contribution in [3.05, 3.63) is 57.8 Å². The van der Waals surface area contributed by atoms with Gasteiger partial charge in [0.1, 0.15) is 11.5 Å². The van der Waals surface area contributed by atoms with Crippen molar-refractivity contribution in [3.63, 3.8) is 0 Å². The van der Waals surface area contributed by atoms with Crippen molar-refractivity contribution in [1.29, 1.82) is 0 Å². The second kappa shape index (κ2) is 8.42. The molecule has 29 heavy (non-hydrogen) atoms. The summed E-state index contributed by atoms with van der Waals surface area (Å²) < 4.78 is 41.6. The quantitative estimate of drug-likeness (QED) is 0.781. The molecule has 1 fully saturated rings. The molecule has 0 unspecified atom stereocenters. The summed E-state index contributed by atoms with van der Waals surface area (Å²) in [4.78, 5) is 26.8. The van der Waals surface area contributed by atoms with Gasteiger partial charge in [-0.05, 0) is 38.8 Å². The van der Waals surface area contributed by atoms with Gasteiger partial charge in [-0.2, -0.15) is 5.10 Å². The molecule has 1 saturated heterocycles. The van der Waals surface area contributed by atoms with Crippen molar-refractivity contribution in [2.45, 2.75) is 32.7 Å². The van der Waals surface area contributed by atoms with Gasteiger partial charge in [-0.15, -0.1) is 0 Å². The van der Waals surface area contributed by atoms with Crippen LogP contribution in [0.25, 0.3) is 5.69 Å². The zero-order chi connectivity index (χ0) is 21.2. The molecule has 0 bridgehead atoms. The molecule has 2 aromatic rings. The molecule has 1 amide bonds. The lowest BCUT2D eigenvalue weighted by Gasteiger charge is -2.32. The first kappa shape index (κ1) is 21.1. The number of carbonyl (C=O) groups excluding carboxylic acids is 1. The smallest absolute Gasteiger partial charge is 0.278 e. The minimum absolute atomic E-state index is 0.0513. The van der Waals surface area contributed by atoms with Crippen molar-refractivity contribution in [2.24, 2.45) is 0 Å². The lowest BCUT2D eigenvalue weighted by atomic mass is 10.1. The fourth-order valence-electron chi connectivity index (χ4n) is 3.31. The highest BCUT2D eigenvalue weighted by Gasteiger charge is 2.29. The van der Waals surface area contributed by atoms with Gasteiger partial charge in [-0.25, -0.2) is 22.2 Å². The molecule has 8 nitrogen and oxygen atoms in total. The molecule has 1 N–H and O–H groups in total. The molecular formula is C19H23FN4O4S. The molecule has 0 aliphatic carbocycles. The van der Waals surface area contributed by atoms with Gasteiger partial charge in [-0.3, -0.25) is 9.59 Å². The van der Waals surface area contributed by atoms with E-state index in [2.05, 4.69) is 9.82 Å². The van der Waals surface area contributed by atoms with E-state index in [1.807, 2.05) is 0 Å². The maximum atomic E-state index is 14.2. The maximum absolute atomic E-state index is 14.2. The molecule has 1 aromatic carbocycles. The average Bonchev–Trinajstić information content (AvgIpc) is 2.68. The highest BCUT2D eigenvalue weighted by Crippen LogP contribution is 2.16. The highest BCUT2D eigenvalue weighted by atomic mass is 32.2. The van der Waals surface area contributed by atoms with E-state index in [4.69, 9.17) is 0 Å². The Labute approximate surface area is 168 Å². The van der Waals surface area contributed by atoms with E-state index in [0.29, 0.717) is 25.1 Å². The zero-order valence-electron chi connectivity index (χ0n) is 16.3. The molecule has 2 heterocycles. The van der Waals surface area contributed by atoms with Crippen molar-refractivity contribution in [3.8, 4) is 5.69 Å². The Balaban J connectivity index is 1.90. The van der Waals surface area contributed by atoms with E-state index in [1.54, 1.807) is 13.0 Å². The van der Waals surface area contributed by atoms with E-state index in [9.17, 15) is 22.4 Å². The number of sulfonamides is 1. The molecule has 1 atom stereocenters. The predicted molar refractivity (Wildman–Crippen MR) is 106 cm³/mol. The number of aryl methyl sites for hydroxylation is 1. The first-order valence-corrected chi connectivity index (χ1v) is 11.0.